The van der Waals surface area contributed by atoms with Crippen molar-refractivity contribution in [1.29, 1.82) is 0 Å². The summed E-state index contributed by atoms with van der Waals surface area (Å²) in [4.78, 5) is 0.405. The minimum absolute atomic E-state index is 0.0751. The summed E-state index contributed by atoms with van der Waals surface area (Å²) in [6, 6.07) is 7.19. The molecule has 19 heavy (non-hydrogen) atoms. The molecule has 2 rings (SSSR count). The van der Waals surface area contributed by atoms with E-state index in [0.717, 1.165) is 16.4 Å². The molecule has 1 saturated heterocycles. The SMILES string of the molecule is Cc1ccc(S(=O)(=O)N2CC(C)(CI)C[C@@H]2C)cc1. The Labute approximate surface area is 129 Å². The van der Waals surface area contributed by atoms with Gasteiger partial charge in [-0.05, 0) is 37.8 Å². The van der Waals surface area contributed by atoms with Crippen LogP contribution in [0.4, 0.5) is 0 Å². The van der Waals surface area contributed by atoms with Crippen molar-refractivity contribution in [3.8, 4) is 0 Å². The Morgan fingerprint density at radius 2 is 1.95 bits per heavy atom. The van der Waals surface area contributed by atoms with Gasteiger partial charge in [0.05, 0.1) is 4.90 Å². The molecule has 0 saturated carbocycles. The molecule has 0 bridgehead atoms. The molecule has 1 aromatic rings. The molecule has 1 aliphatic heterocycles. The number of benzene rings is 1. The summed E-state index contributed by atoms with van der Waals surface area (Å²) in [5, 5.41) is 0. The number of aryl methyl sites for hydroxylation is 1. The van der Waals surface area contributed by atoms with E-state index in [9.17, 15) is 8.42 Å². The van der Waals surface area contributed by atoms with Gasteiger partial charge in [-0.3, -0.25) is 0 Å². The molecular formula is C14H20INO2S. The zero-order valence-electron chi connectivity index (χ0n) is 11.6. The number of hydrogen-bond acceptors (Lipinski definition) is 2. The lowest BCUT2D eigenvalue weighted by Gasteiger charge is -2.23. The second kappa shape index (κ2) is 5.33. The van der Waals surface area contributed by atoms with E-state index in [1.807, 2.05) is 26.0 Å². The third-order valence-corrected chi connectivity index (χ3v) is 7.58. The topological polar surface area (TPSA) is 37.4 Å². The molecule has 0 aliphatic carbocycles. The maximum atomic E-state index is 12.7. The molecule has 0 radical (unpaired) electrons. The molecule has 1 aromatic carbocycles. The van der Waals surface area contributed by atoms with Crippen LogP contribution < -0.4 is 0 Å². The van der Waals surface area contributed by atoms with Crippen LogP contribution in [0.2, 0.25) is 0 Å². The summed E-state index contributed by atoms with van der Waals surface area (Å²) in [7, 11) is -3.36. The first kappa shape index (κ1) is 15.3. The van der Waals surface area contributed by atoms with Crippen LogP contribution in [-0.2, 0) is 10.0 Å². The minimum atomic E-state index is -3.36. The summed E-state index contributed by atoms with van der Waals surface area (Å²) >= 11 is 2.35. The molecular weight excluding hydrogens is 373 g/mol. The Morgan fingerprint density at radius 3 is 2.42 bits per heavy atom. The summed E-state index contributed by atoms with van der Waals surface area (Å²) in [6.07, 6.45) is 0.932. The van der Waals surface area contributed by atoms with Gasteiger partial charge in [0.15, 0.2) is 0 Å². The molecule has 1 fully saturated rings. The van der Waals surface area contributed by atoms with Crippen molar-refractivity contribution in [2.45, 2.75) is 38.1 Å². The molecule has 0 aromatic heterocycles. The van der Waals surface area contributed by atoms with E-state index in [4.69, 9.17) is 0 Å². The normalized spacial score (nSPS) is 28.7. The van der Waals surface area contributed by atoms with Crippen LogP contribution in [0.15, 0.2) is 29.2 Å². The van der Waals surface area contributed by atoms with Gasteiger partial charge in [0.25, 0.3) is 0 Å². The van der Waals surface area contributed by atoms with E-state index in [0.29, 0.717) is 11.4 Å². The van der Waals surface area contributed by atoms with Crippen molar-refractivity contribution in [3.05, 3.63) is 29.8 Å². The number of hydrogen-bond donors (Lipinski definition) is 0. The Hall–Kier alpha value is -0.140. The van der Waals surface area contributed by atoms with Crippen LogP contribution in [0.25, 0.3) is 0 Å². The standard InChI is InChI=1S/C14H20INO2S/c1-11-4-6-13(7-5-11)19(17,18)16-10-14(3,9-15)8-12(16)2/h4-7,12H,8-10H2,1-3H3/t12-,14?/m0/s1. The van der Waals surface area contributed by atoms with Gasteiger partial charge >= 0.3 is 0 Å². The zero-order chi connectivity index (χ0) is 14.3. The predicted molar refractivity (Wildman–Crippen MR) is 86.1 cm³/mol. The van der Waals surface area contributed by atoms with Gasteiger partial charge in [-0.2, -0.15) is 4.31 Å². The van der Waals surface area contributed by atoms with Gasteiger partial charge in [0.1, 0.15) is 0 Å². The average Bonchev–Trinajstić information content (AvgIpc) is 2.67. The van der Waals surface area contributed by atoms with Gasteiger partial charge in [-0.25, -0.2) is 8.42 Å². The van der Waals surface area contributed by atoms with Gasteiger partial charge in [-0.1, -0.05) is 47.2 Å². The Balaban J connectivity index is 2.33. The quantitative estimate of drug-likeness (QED) is 0.584. The Kier molecular flexibility index (Phi) is 4.28. The van der Waals surface area contributed by atoms with E-state index < -0.39 is 10.0 Å². The monoisotopic (exact) mass is 393 g/mol. The van der Waals surface area contributed by atoms with E-state index >= 15 is 0 Å². The van der Waals surface area contributed by atoms with Gasteiger partial charge in [0.2, 0.25) is 10.0 Å². The van der Waals surface area contributed by atoms with Gasteiger partial charge < -0.3 is 0 Å². The van der Waals surface area contributed by atoms with E-state index in [-0.39, 0.29) is 11.5 Å². The fraction of sp³-hybridized carbons (Fsp3) is 0.571. The highest BCUT2D eigenvalue weighted by Gasteiger charge is 2.43. The zero-order valence-corrected chi connectivity index (χ0v) is 14.5. The van der Waals surface area contributed by atoms with E-state index in [2.05, 4.69) is 29.5 Å². The van der Waals surface area contributed by atoms with Crippen LogP contribution in [0.3, 0.4) is 0 Å². The number of rotatable bonds is 3. The number of sulfonamides is 1. The van der Waals surface area contributed by atoms with Crippen molar-refractivity contribution in [1.82, 2.24) is 4.31 Å². The summed E-state index contributed by atoms with van der Waals surface area (Å²) in [5.74, 6) is 0. The predicted octanol–water partition coefficient (Wildman–Crippen LogP) is 3.22. The fourth-order valence-corrected chi connectivity index (χ4v) is 5.01. The van der Waals surface area contributed by atoms with E-state index in [1.165, 1.54) is 0 Å². The molecule has 1 unspecified atom stereocenters. The highest BCUT2D eigenvalue weighted by Crippen LogP contribution is 2.39. The lowest BCUT2D eigenvalue weighted by atomic mass is 9.91. The molecule has 1 aliphatic rings. The molecule has 0 amide bonds. The largest absolute Gasteiger partial charge is 0.243 e. The third kappa shape index (κ3) is 2.97. The molecule has 106 valence electrons. The summed E-state index contributed by atoms with van der Waals surface area (Å²) < 4.78 is 28.0. The lowest BCUT2D eigenvalue weighted by Crippen LogP contribution is -2.35. The maximum Gasteiger partial charge on any atom is 0.243 e. The minimum Gasteiger partial charge on any atom is -0.207 e. The first-order valence-corrected chi connectivity index (χ1v) is 9.39. The average molecular weight is 393 g/mol. The van der Waals surface area contributed by atoms with Crippen LogP contribution in [0.1, 0.15) is 25.8 Å². The van der Waals surface area contributed by atoms with Crippen LogP contribution in [-0.4, -0.2) is 29.7 Å². The van der Waals surface area contributed by atoms with Crippen LogP contribution >= 0.6 is 22.6 Å². The lowest BCUT2D eigenvalue weighted by molar-refractivity contribution is 0.379. The van der Waals surface area contributed by atoms with Crippen molar-refractivity contribution in [2.24, 2.45) is 5.41 Å². The molecule has 5 heteroatoms. The second-order valence-electron chi connectivity index (χ2n) is 5.86. The molecule has 0 spiro atoms. The first-order valence-electron chi connectivity index (χ1n) is 6.43. The smallest absolute Gasteiger partial charge is 0.207 e. The van der Waals surface area contributed by atoms with Gasteiger partial charge in [0, 0.05) is 17.0 Å². The number of halogens is 1. The molecule has 3 nitrogen and oxygen atoms in total. The maximum absolute atomic E-state index is 12.7. The molecule has 2 atom stereocenters. The summed E-state index contributed by atoms with van der Waals surface area (Å²) in [6.45, 7) is 6.75. The highest BCUT2D eigenvalue weighted by atomic mass is 127. The van der Waals surface area contributed by atoms with Crippen molar-refractivity contribution in [3.63, 3.8) is 0 Å². The van der Waals surface area contributed by atoms with Crippen LogP contribution in [0, 0.1) is 12.3 Å². The third-order valence-electron chi connectivity index (χ3n) is 3.77. The molecule has 0 N–H and O–H groups in total. The highest BCUT2D eigenvalue weighted by molar-refractivity contribution is 14.1. The fourth-order valence-electron chi connectivity index (χ4n) is 2.68. The van der Waals surface area contributed by atoms with E-state index in [1.54, 1.807) is 16.4 Å². The first-order chi connectivity index (χ1) is 8.78. The Morgan fingerprint density at radius 1 is 1.37 bits per heavy atom. The van der Waals surface area contributed by atoms with Gasteiger partial charge in [-0.15, -0.1) is 0 Å². The number of alkyl halides is 1. The molecule has 1 heterocycles. The van der Waals surface area contributed by atoms with Crippen molar-refractivity contribution < 1.29 is 8.42 Å². The van der Waals surface area contributed by atoms with Crippen molar-refractivity contribution in [2.75, 3.05) is 11.0 Å². The number of nitrogens with zero attached hydrogens (tertiary/aromatic N) is 1. The second-order valence-corrected chi connectivity index (χ2v) is 8.51. The Bertz CT molecular complexity index is 555. The summed E-state index contributed by atoms with van der Waals surface area (Å²) in [5.41, 5.74) is 1.17. The van der Waals surface area contributed by atoms with Crippen molar-refractivity contribution >= 4 is 32.6 Å². The van der Waals surface area contributed by atoms with Crippen LogP contribution in [0.5, 0.6) is 0 Å².